The van der Waals surface area contributed by atoms with Crippen LogP contribution >= 0.6 is 11.6 Å². The lowest BCUT2D eigenvalue weighted by Crippen LogP contribution is -2.30. The van der Waals surface area contributed by atoms with Crippen molar-refractivity contribution in [2.75, 3.05) is 6.54 Å². The van der Waals surface area contributed by atoms with Gasteiger partial charge in [0.1, 0.15) is 11.6 Å². The summed E-state index contributed by atoms with van der Waals surface area (Å²) in [5.74, 6) is -1.50. The Morgan fingerprint density at radius 3 is 2.61 bits per heavy atom. The molecule has 31 heavy (non-hydrogen) atoms. The number of rotatable bonds is 3. The van der Waals surface area contributed by atoms with Crippen molar-refractivity contribution >= 4 is 28.6 Å². The molecule has 3 aromatic carbocycles. The molecule has 1 aliphatic rings. The zero-order valence-corrected chi connectivity index (χ0v) is 17.1. The number of carbonyl (C=O) groups is 1. The molecule has 0 spiro atoms. The smallest absolute Gasteiger partial charge is 0.256 e. The Hall–Kier alpha value is -3.25. The van der Waals surface area contributed by atoms with E-state index < -0.39 is 11.6 Å². The molecule has 0 saturated carbocycles. The van der Waals surface area contributed by atoms with Gasteiger partial charge in [0.25, 0.3) is 5.91 Å². The van der Waals surface area contributed by atoms with Gasteiger partial charge in [-0.2, -0.15) is 0 Å². The number of halogens is 3. The fourth-order valence-corrected chi connectivity index (χ4v) is 4.22. The lowest BCUT2D eigenvalue weighted by molar-refractivity contribution is 0.0717. The summed E-state index contributed by atoms with van der Waals surface area (Å²) in [5.41, 5.74) is 2.85. The van der Waals surface area contributed by atoms with E-state index in [9.17, 15) is 13.6 Å². The summed E-state index contributed by atoms with van der Waals surface area (Å²) < 4.78 is 32.8. The first-order chi connectivity index (χ1) is 15.0. The van der Waals surface area contributed by atoms with Crippen LogP contribution in [0.15, 0.2) is 65.1 Å². The Labute approximate surface area is 182 Å². The van der Waals surface area contributed by atoms with Crippen molar-refractivity contribution in [3.63, 3.8) is 0 Å². The van der Waals surface area contributed by atoms with Gasteiger partial charge in [-0.05, 0) is 60.4 Å². The molecule has 1 unspecified atom stereocenters. The molecule has 1 amide bonds. The van der Waals surface area contributed by atoms with E-state index in [0.29, 0.717) is 45.2 Å². The Balaban J connectivity index is 1.47. The molecule has 0 N–H and O–H groups in total. The van der Waals surface area contributed by atoms with Crippen LogP contribution in [0.5, 0.6) is 0 Å². The Morgan fingerprint density at radius 2 is 1.81 bits per heavy atom. The average molecular weight is 439 g/mol. The Morgan fingerprint density at radius 1 is 1.03 bits per heavy atom. The molecule has 5 rings (SSSR count). The standard InChI is InChI=1S/C24H17ClF2N2O2/c25-17-5-2-1-4-16(17)24(30)29-11-3-6-21(29)23-28-20-13-15(8-10-22(20)31-23)14-7-9-18(26)19(27)12-14/h1-2,4-5,7-10,12-13,21H,3,6,11H2. The van der Waals surface area contributed by atoms with E-state index in [0.717, 1.165) is 25.0 Å². The quantitative estimate of drug-likeness (QED) is 0.371. The van der Waals surface area contributed by atoms with Crippen LogP contribution in [0.2, 0.25) is 5.02 Å². The van der Waals surface area contributed by atoms with Crippen LogP contribution in [0.4, 0.5) is 8.78 Å². The molecule has 4 nitrogen and oxygen atoms in total. The van der Waals surface area contributed by atoms with Gasteiger partial charge in [-0.3, -0.25) is 4.79 Å². The fourth-order valence-electron chi connectivity index (χ4n) is 4.00. The van der Waals surface area contributed by atoms with E-state index in [1.165, 1.54) is 6.07 Å². The lowest BCUT2D eigenvalue weighted by Gasteiger charge is -2.22. The summed E-state index contributed by atoms with van der Waals surface area (Å²) in [6, 6.07) is 15.7. The second-order valence-electron chi connectivity index (χ2n) is 7.50. The molecule has 4 aromatic rings. The summed E-state index contributed by atoms with van der Waals surface area (Å²) >= 11 is 6.22. The summed E-state index contributed by atoms with van der Waals surface area (Å²) in [6.45, 7) is 0.591. The van der Waals surface area contributed by atoms with Gasteiger partial charge in [-0.15, -0.1) is 0 Å². The van der Waals surface area contributed by atoms with Crippen LogP contribution in [-0.4, -0.2) is 22.3 Å². The number of oxazole rings is 1. The lowest BCUT2D eigenvalue weighted by atomic mass is 10.1. The minimum atomic E-state index is -0.905. The summed E-state index contributed by atoms with van der Waals surface area (Å²) in [5, 5.41) is 0.409. The van der Waals surface area contributed by atoms with Gasteiger partial charge < -0.3 is 9.32 Å². The van der Waals surface area contributed by atoms with Crippen molar-refractivity contribution in [2.24, 2.45) is 0 Å². The van der Waals surface area contributed by atoms with Gasteiger partial charge in [0, 0.05) is 6.54 Å². The van der Waals surface area contributed by atoms with E-state index in [1.807, 2.05) is 0 Å². The molecule has 1 saturated heterocycles. The topological polar surface area (TPSA) is 46.3 Å². The third kappa shape index (κ3) is 3.57. The second-order valence-corrected chi connectivity index (χ2v) is 7.91. The van der Waals surface area contributed by atoms with Crippen molar-refractivity contribution in [2.45, 2.75) is 18.9 Å². The number of hydrogen-bond donors (Lipinski definition) is 0. The highest BCUT2D eigenvalue weighted by Gasteiger charge is 2.34. The molecule has 1 fully saturated rings. The van der Waals surface area contributed by atoms with E-state index in [-0.39, 0.29) is 11.9 Å². The van der Waals surface area contributed by atoms with Crippen LogP contribution in [0.3, 0.4) is 0 Å². The summed E-state index contributed by atoms with van der Waals surface area (Å²) in [4.78, 5) is 19.4. The van der Waals surface area contributed by atoms with Gasteiger partial charge in [-0.1, -0.05) is 35.9 Å². The molecule has 0 aliphatic carbocycles. The third-order valence-electron chi connectivity index (χ3n) is 5.56. The number of hydrogen-bond acceptors (Lipinski definition) is 3. The van der Waals surface area contributed by atoms with E-state index in [4.69, 9.17) is 16.0 Å². The van der Waals surface area contributed by atoms with Crippen molar-refractivity contribution in [1.29, 1.82) is 0 Å². The Kier molecular flexibility index (Phi) is 4.94. The maximum Gasteiger partial charge on any atom is 0.256 e. The molecule has 0 bridgehead atoms. The molecule has 156 valence electrons. The first-order valence-corrected chi connectivity index (χ1v) is 10.3. The van der Waals surface area contributed by atoms with E-state index in [2.05, 4.69) is 4.98 Å². The zero-order valence-electron chi connectivity index (χ0n) is 16.3. The highest BCUT2D eigenvalue weighted by molar-refractivity contribution is 6.33. The van der Waals surface area contributed by atoms with Gasteiger partial charge in [0.15, 0.2) is 17.2 Å². The molecular weight excluding hydrogens is 422 g/mol. The highest BCUT2D eigenvalue weighted by atomic mass is 35.5. The van der Waals surface area contributed by atoms with E-state index in [1.54, 1.807) is 47.4 Å². The molecular formula is C24H17ClF2N2O2. The van der Waals surface area contributed by atoms with Crippen LogP contribution in [-0.2, 0) is 0 Å². The number of aromatic nitrogens is 1. The maximum absolute atomic E-state index is 13.6. The monoisotopic (exact) mass is 438 g/mol. The number of benzene rings is 3. The van der Waals surface area contributed by atoms with Crippen LogP contribution in [0.1, 0.15) is 35.1 Å². The van der Waals surface area contributed by atoms with Crippen molar-refractivity contribution in [1.82, 2.24) is 9.88 Å². The van der Waals surface area contributed by atoms with Crippen molar-refractivity contribution in [3.8, 4) is 11.1 Å². The fraction of sp³-hybridized carbons (Fsp3) is 0.167. The second kappa shape index (κ2) is 7.78. The highest BCUT2D eigenvalue weighted by Crippen LogP contribution is 2.36. The predicted octanol–water partition coefficient (Wildman–Crippen LogP) is 6.40. The van der Waals surface area contributed by atoms with Crippen molar-refractivity contribution < 1.29 is 18.0 Å². The number of fused-ring (bicyclic) bond motifs is 1. The largest absolute Gasteiger partial charge is 0.438 e. The third-order valence-corrected chi connectivity index (χ3v) is 5.89. The minimum Gasteiger partial charge on any atom is -0.438 e. The molecule has 2 heterocycles. The van der Waals surface area contributed by atoms with Gasteiger partial charge in [0.2, 0.25) is 5.89 Å². The number of nitrogens with zero attached hydrogens (tertiary/aromatic N) is 2. The summed E-state index contributed by atoms with van der Waals surface area (Å²) in [7, 11) is 0. The minimum absolute atomic E-state index is 0.155. The first-order valence-electron chi connectivity index (χ1n) is 9.92. The Bertz CT molecular complexity index is 1300. The van der Waals surface area contributed by atoms with Gasteiger partial charge in [0.05, 0.1) is 10.6 Å². The SMILES string of the molecule is O=C(c1ccccc1Cl)N1CCCC1c1nc2cc(-c3ccc(F)c(F)c3)ccc2o1. The van der Waals surface area contributed by atoms with Crippen LogP contribution < -0.4 is 0 Å². The average Bonchev–Trinajstić information content (AvgIpc) is 3.41. The number of carbonyl (C=O) groups excluding carboxylic acids is 1. The molecule has 1 aliphatic heterocycles. The first kappa shape index (κ1) is 19.7. The van der Waals surface area contributed by atoms with Gasteiger partial charge >= 0.3 is 0 Å². The number of likely N-dealkylation sites (tertiary alicyclic amines) is 1. The molecule has 0 radical (unpaired) electrons. The summed E-state index contributed by atoms with van der Waals surface area (Å²) in [6.07, 6.45) is 1.57. The molecule has 7 heteroatoms. The van der Waals surface area contributed by atoms with Gasteiger partial charge in [-0.25, -0.2) is 13.8 Å². The normalized spacial score (nSPS) is 16.2. The number of amides is 1. The van der Waals surface area contributed by atoms with Crippen LogP contribution in [0.25, 0.3) is 22.2 Å². The zero-order chi connectivity index (χ0) is 21.5. The van der Waals surface area contributed by atoms with E-state index >= 15 is 0 Å². The molecule has 1 atom stereocenters. The maximum atomic E-state index is 13.6. The molecule has 1 aromatic heterocycles. The van der Waals surface area contributed by atoms with Crippen LogP contribution in [0, 0.1) is 11.6 Å². The predicted molar refractivity (Wildman–Crippen MR) is 114 cm³/mol. The van der Waals surface area contributed by atoms with Crippen molar-refractivity contribution in [3.05, 3.63) is 88.8 Å².